The van der Waals surface area contributed by atoms with Crippen LogP contribution in [0.15, 0.2) is 12.1 Å². The molecule has 2 heteroatoms. The van der Waals surface area contributed by atoms with Crippen LogP contribution >= 0.6 is 0 Å². The van der Waals surface area contributed by atoms with Gasteiger partial charge in [-0.05, 0) is 43.0 Å². The van der Waals surface area contributed by atoms with Gasteiger partial charge in [0.05, 0.1) is 0 Å². The molecule has 0 fully saturated rings. The van der Waals surface area contributed by atoms with Crippen molar-refractivity contribution in [3.8, 4) is 0 Å². The molecule has 0 heterocycles. The third-order valence-corrected chi connectivity index (χ3v) is 2.54. The van der Waals surface area contributed by atoms with Gasteiger partial charge in [-0.2, -0.15) is 0 Å². The van der Waals surface area contributed by atoms with E-state index in [1.165, 1.54) is 11.1 Å². The Kier molecular flexibility index (Phi) is 3.28. The van der Waals surface area contributed by atoms with Crippen LogP contribution in [0.2, 0.25) is 0 Å². The summed E-state index contributed by atoms with van der Waals surface area (Å²) in [5.41, 5.74) is 4.33. The molecular weight excluding hydrogens is 174 g/mol. The van der Waals surface area contributed by atoms with E-state index in [1.807, 2.05) is 19.9 Å². The molecule has 1 amide bonds. The molecule has 14 heavy (non-hydrogen) atoms. The van der Waals surface area contributed by atoms with Crippen molar-refractivity contribution in [3.63, 3.8) is 0 Å². The number of carbonyl (C=O) groups excluding carboxylic acids is 1. The molecule has 0 aliphatic carbocycles. The largest absolute Gasteiger partial charge is 0.355 e. The van der Waals surface area contributed by atoms with Gasteiger partial charge in [-0.25, -0.2) is 0 Å². The van der Waals surface area contributed by atoms with Crippen LogP contribution < -0.4 is 5.32 Å². The number of aryl methyl sites for hydroxylation is 3. The summed E-state index contributed by atoms with van der Waals surface area (Å²) >= 11 is 0. The summed E-state index contributed by atoms with van der Waals surface area (Å²) in [6.45, 7) is 6.15. The van der Waals surface area contributed by atoms with Gasteiger partial charge in [-0.15, -0.1) is 0 Å². The van der Waals surface area contributed by atoms with Crippen molar-refractivity contribution in [2.45, 2.75) is 27.2 Å². The van der Waals surface area contributed by atoms with E-state index >= 15 is 0 Å². The van der Waals surface area contributed by atoms with Gasteiger partial charge >= 0.3 is 0 Å². The molecule has 0 radical (unpaired) electrons. The van der Waals surface area contributed by atoms with Crippen molar-refractivity contribution >= 4 is 5.91 Å². The normalized spacial score (nSPS) is 10.0. The molecule has 2 nitrogen and oxygen atoms in total. The van der Waals surface area contributed by atoms with Gasteiger partial charge in [0.25, 0.3) is 5.91 Å². The molecule has 0 saturated carbocycles. The zero-order valence-electron chi connectivity index (χ0n) is 9.27. The quantitative estimate of drug-likeness (QED) is 0.763. The zero-order valence-corrected chi connectivity index (χ0v) is 9.27. The molecule has 0 spiro atoms. The number of nitrogens with one attached hydrogen (secondary N) is 1. The van der Waals surface area contributed by atoms with Crippen LogP contribution in [0.25, 0.3) is 0 Å². The molecule has 1 aromatic rings. The van der Waals surface area contributed by atoms with E-state index in [9.17, 15) is 4.79 Å². The van der Waals surface area contributed by atoms with Crippen molar-refractivity contribution in [1.82, 2.24) is 5.32 Å². The summed E-state index contributed by atoms with van der Waals surface area (Å²) in [5.74, 6) is -0.00625. The van der Waals surface area contributed by atoms with Gasteiger partial charge in [0.15, 0.2) is 0 Å². The number of hydrogen-bond acceptors (Lipinski definition) is 1. The van der Waals surface area contributed by atoms with Gasteiger partial charge in [0.1, 0.15) is 0 Å². The first-order valence-electron chi connectivity index (χ1n) is 4.92. The predicted octanol–water partition coefficient (Wildman–Crippen LogP) is 2.23. The third-order valence-electron chi connectivity index (χ3n) is 2.54. The van der Waals surface area contributed by atoms with Crippen molar-refractivity contribution in [2.24, 2.45) is 0 Å². The first-order chi connectivity index (χ1) is 6.60. The molecular formula is C12H17NO. The first kappa shape index (κ1) is 10.8. The van der Waals surface area contributed by atoms with Crippen LogP contribution in [0.4, 0.5) is 0 Å². The maximum absolute atomic E-state index is 11.5. The second-order valence-corrected chi connectivity index (χ2v) is 3.53. The molecule has 0 unspecified atom stereocenters. The zero-order chi connectivity index (χ0) is 10.7. The van der Waals surface area contributed by atoms with Crippen molar-refractivity contribution in [2.75, 3.05) is 7.05 Å². The SMILES string of the molecule is CCc1cc(C)c(C(=O)NC)cc1C. The monoisotopic (exact) mass is 191 g/mol. The molecule has 0 aliphatic rings. The summed E-state index contributed by atoms with van der Waals surface area (Å²) in [6, 6.07) is 4.06. The van der Waals surface area contributed by atoms with E-state index in [1.54, 1.807) is 7.05 Å². The second-order valence-electron chi connectivity index (χ2n) is 3.53. The fourth-order valence-electron chi connectivity index (χ4n) is 1.64. The Balaban J connectivity index is 3.21. The van der Waals surface area contributed by atoms with E-state index in [0.29, 0.717) is 0 Å². The number of rotatable bonds is 2. The average Bonchev–Trinajstić information content (AvgIpc) is 2.19. The van der Waals surface area contributed by atoms with Crippen molar-refractivity contribution < 1.29 is 4.79 Å². The average molecular weight is 191 g/mol. The van der Waals surface area contributed by atoms with E-state index in [4.69, 9.17) is 0 Å². The Morgan fingerprint density at radius 1 is 1.29 bits per heavy atom. The topological polar surface area (TPSA) is 29.1 Å². The molecule has 0 aliphatic heterocycles. The maximum atomic E-state index is 11.5. The van der Waals surface area contributed by atoms with Crippen molar-refractivity contribution in [1.29, 1.82) is 0 Å². The highest BCUT2D eigenvalue weighted by atomic mass is 16.1. The van der Waals surface area contributed by atoms with E-state index < -0.39 is 0 Å². The molecule has 1 N–H and O–H groups in total. The third kappa shape index (κ3) is 1.95. The van der Waals surface area contributed by atoms with Gasteiger partial charge in [-0.1, -0.05) is 13.0 Å². The Hall–Kier alpha value is -1.31. The minimum atomic E-state index is -0.00625. The maximum Gasteiger partial charge on any atom is 0.251 e. The smallest absolute Gasteiger partial charge is 0.251 e. The lowest BCUT2D eigenvalue weighted by Gasteiger charge is -2.09. The van der Waals surface area contributed by atoms with E-state index in [-0.39, 0.29) is 5.91 Å². The van der Waals surface area contributed by atoms with Crippen LogP contribution in [0.3, 0.4) is 0 Å². The van der Waals surface area contributed by atoms with Crippen LogP contribution in [0.1, 0.15) is 34.0 Å². The van der Waals surface area contributed by atoms with Crippen LogP contribution in [0.5, 0.6) is 0 Å². The van der Waals surface area contributed by atoms with E-state index in [0.717, 1.165) is 17.5 Å². The summed E-state index contributed by atoms with van der Waals surface area (Å²) in [6.07, 6.45) is 1.01. The molecule has 0 saturated heterocycles. The molecule has 1 aromatic carbocycles. The first-order valence-corrected chi connectivity index (χ1v) is 4.92. The Bertz CT molecular complexity index is 356. The Morgan fingerprint density at radius 3 is 2.43 bits per heavy atom. The molecule has 0 atom stereocenters. The van der Waals surface area contributed by atoms with Crippen LogP contribution in [0, 0.1) is 13.8 Å². The summed E-state index contributed by atoms with van der Waals surface area (Å²) in [4.78, 5) is 11.5. The fraction of sp³-hybridized carbons (Fsp3) is 0.417. The van der Waals surface area contributed by atoms with Crippen LogP contribution in [-0.2, 0) is 6.42 Å². The number of hydrogen-bond donors (Lipinski definition) is 1. The summed E-state index contributed by atoms with van der Waals surface area (Å²) in [7, 11) is 1.66. The number of benzene rings is 1. The molecule has 1 rings (SSSR count). The predicted molar refractivity (Wildman–Crippen MR) is 58.7 cm³/mol. The standard InChI is InChI=1S/C12H17NO/c1-5-10-6-9(3)11(7-8(10)2)12(14)13-4/h6-7H,5H2,1-4H3,(H,13,14). The molecule has 0 bridgehead atoms. The number of amides is 1. The molecule has 0 aromatic heterocycles. The highest BCUT2D eigenvalue weighted by molar-refractivity contribution is 5.95. The minimum Gasteiger partial charge on any atom is -0.355 e. The van der Waals surface area contributed by atoms with Gasteiger partial charge in [0, 0.05) is 12.6 Å². The minimum absolute atomic E-state index is 0.00625. The Labute approximate surface area is 85.3 Å². The fourth-order valence-corrected chi connectivity index (χ4v) is 1.64. The lowest BCUT2D eigenvalue weighted by molar-refractivity contribution is 0.0962. The lowest BCUT2D eigenvalue weighted by atomic mass is 9.98. The number of carbonyl (C=O) groups is 1. The van der Waals surface area contributed by atoms with Gasteiger partial charge < -0.3 is 5.32 Å². The second kappa shape index (κ2) is 4.27. The van der Waals surface area contributed by atoms with Gasteiger partial charge in [0.2, 0.25) is 0 Å². The summed E-state index contributed by atoms with van der Waals surface area (Å²) in [5, 5.41) is 2.65. The van der Waals surface area contributed by atoms with Gasteiger partial charge in [-0.3, -0.25) is 4.79 Å². The molecule has 76 valence electrons. The van der Waals surface area contributed by atoms with Crippen molar-refractivity contribution in [3.05, 3.63) is 34.4 Å². The van der Waals surface area contributed by atoms with E-state index in [2.05, 4.69) is 18.3 Å². The highest BCUT2D eigenvalue weighted by Crippen LogP contribution is 2.16. The van der Waals surface area contributed by atoms with Crippen LogP contribution in [-0.4, -0.2) is 13.0 Å². The lowest BCUT2D eigenvalue weighted by Crippen LogP contribution is -2.19. The summed E-state index contributed by atoms with van der Waals surface area (Å²) < 4.78 is 0. The highest BCUT2D eigenvalue weighted by Gasteiger charge is 2.08. The Morgan fingerprint density at radius 2 is 1.93 bits per heavy atom.